The smallest absolute Gasteiger partial charge is 0.311 e. The Hall–Kier alpha value is -3.65. The molecule has 5 heteroatoms. The van der Waals surface area contributed by atoms with Crippen molar-refractivity contribution in [2.75, 3.05) is 0 Å². The summed E-state index contributed by atoms with van der Waals surface area (Å²) in [5.41, 5.74) is 0.303. The molecule has 3 rings (SSSR count). The molecule has 3 aromatic rings. The van der Waals surface area contributed by atoms with Gasteiger partial charge in [0.1, 0.15) is 0 Å². The van der Waals surface area contributed by atoms with E-state index in [0.29, 0.717) is 16.7 Å². The number of hydrogen-bond donors (Lipinski definition) is 2. The number of carbonyl (C=O) groups is 2. The van der Waals surface area contributed by atoms with E-state index in [2.05, 4.69) is 5.32 Å². The van der Waals surface area contributed by atoms with E-state index in [0.717, 1.165) is 10.8 Å². The quantitative estimate of drug-likeness (QED) is 0.699. The minimum absolute atomic E-state index is 0.367. The maximum atomic E-state index is 12.8. The summed E-state index contributed by atoms with van der Waals surface area (Å²) in [7, 11) is 0. The summed E-state index contributed by atoms with van der Waals surface area (Å²) in [6, 6.07) is 20.9. The summed E-state index contributed by atoms with van der Waals surface area (Å²) in [5, 5.41) is 23.5. The van der Waals surface area contributed by atoms with Crippen LogP contribution < -0.4 is 5.32 Å². The van der Waals surface area contributed by atoms with E-state index >= 15 is 0 Å². The van der Waals surface area contributed by atoms with Crippen molar-refractivity contribution in [2.24, 2.45) is 5.41 Å². The van der Waals surface area contributed by atoms with Crippen molar-refractivity contribution in [1.29, 1.82) is 5.26 Å². The van der Waals surface area contributed by atoms with Gasteiger partial charge in [-0.15, -0.1) is 0 Å². The van der Waals surface area contributed by atoms with Crippen LogP contribution in [0.3, 0.4) is 0 Å². The maximum Gasteiger partial charge on any atom is 0.311 e. The predicted octanol–water partition coefficient (Wildman–Crippen LogP) is 4.29. The Morgan fingerprint density at radius 3 is 2.25 bits per heavy atom. The van der Waals surface area contributed by atoms with Crippen LogP contribution >= 0.6 is 0 Å². The SMILES string of the molecule is CC(C)(C(=O)O)C(NC(=O)c1ccc(C#N)cc1)c1ccc2ccccc2c1. The second-order valence-electron chi connectivity index (χ2n) is 7.23. The first kappa shape index (κ1) is 19.1. The average Bonchev–Trinajstić information content (AvgIpc) is 2.71. The summed E-state index contributed by atoms with van der Waals surface area (Å²) in [6.07, 6.45) is 0. The summed E-state index contributed by atoms with van der Waals surface area (Å²) >= 11 is 0. The van der Waals surface area contributed by atoms with Crippen molar-refractivity contribution < 1.29 is 14.7 Å². The van der Waals surface area contributed by atoms with Gasteiger partial charge in [0.15, 0.2) is 0 Å². The van der Waals surface area contributed by atoms with Crippen LogP contribution in [-0.4, -0.2) is 17.0 Å². The van der Waals surface area contributed by atoms with Crippen LogP contribution in [-0.2, 0) is 4.79 Å². The third kappa shape index (κ3) is 3.72. The molecule has 0 aliphatic rings. The molecular formula is C23H20N2O3. The van der Waals surface area contributed by atoms with Crippen LogP contribution in [0.1, 0.15) is 41.4 Å². The lowest BCUT2D eigenvalue weighted by Crippen LogP contribution is -2.42. The molecule has 0 saturated heterocycles. The number of nitrogens with zero attached hydrogens (tertiary/aromatic N) is 1. The fourth-order valence-corrected chi connectivity index (χ4v) is 3.10. The molecule has 0 fully saturated rings. The van der Waals surface area contributed by atoms with Crippen molar-refractivity contribution in [3.63, 3.8) is 0 Å². The number of fused-ring (bicyclic) bond motifs is 1. The molecule has 1 amide bonds. The van der Waals surface area contributed by atoms with Crippen LogP contribution in [0.4, 0.5) is 0 Å². The normalized spacial score (nSPS) is 12.2. The lowest BCUT2D eigenvalue weighted by molar-refractivity contribution is -0.148. The third-order valence-electron chi connectivity index (χ3n) is 4.93. The first-order valence-electron chi connectivity index (χ1n) is 8.86. The number of benzene rings is 3. The van der Waals surface area contributed by atoms with Gasteiger partial charge in [0.05, 0.1) is 23.1 Å². The molecule has 3 aromatic carbocycles. The van der Waals surface area contributed by atoms with Gasteiger partial charge >= 0.3 is 5.97 Å². The van der Waals surface area contributed by atoms with Crippen molar-refractivity contribution in [3.8, 4) is 6.07 Å². The number of carboxylic acid groups (broad SMARTS) is 1. The standard InChI is InChI=1S/C23H20N2O3/c1-23(2,22(27)28)20(19-12-11-16-5-3-4-6-18(16)13-19)25-21(26)17-9-7-15(14-24)8-10-17/h3-13,20H,1-2H3,(H,25,26)(H,27,28). The van der Waals surface area contributed by atoms with Gasteiger partial charge in [0, 0.05) is 5.56 Å². The van der Waals surface area contributed by atoms with Crippen molar-refractivity contribution in [3.05, 3.63) is 83.4 Å². The third-order valence-corrected chi connectivity index (χ3v) is 4.93. The molecule has 0 saturated carbocycles. The molecule has 0 aliphatic carbocycles. The average molecular weight is 372 g/mol. The summed E-state index contributed by atoms with van der Waals surface area (Å²) in [5.74, 6) is -1.40. The Labute approximate surface area is 163 Å². The molecule has 5 nitrogen and oxygen atoms in total. The fourth-order valence-electron chi connectivity index (χ4n) is 3.10. The topological polar surface area (TPSA) is 90.2 Å². The summed E-state index contributed by atoms with van der Waals surface area (Å²) in [4.78, 5) is 24.7. The molecule has 0 spiro atoms. The number of hydrogen-bond acceptors (Lipinski definition) is 3. The Kier molecular flexibility index (Phi) is 5.14. The highest BCUT2D eigenvalue weighted by atomic mass is 16.4. The van der Waals surface area contributed by atoms with E-state index in [1.807, 2.05) is 48.5 Å². The number of carbonyl (C=O) groups excluding carboxylic acids is 1. The van der Waals surface area contributed by atoms with Crippen LogP contribution in [0.15, 0.2) is 66.7 Å². The van der Waals surface area contributed by atoms with E-state index in [4.69, 9.17) is 5.26 Å². The Balaban J connectivity index is 1.99. The highest BCUT2D eigenvalue weighted by Crippen LogP contribution is 2.35. The minimum atomic E-state index is -1.23. The number of rotatable bonds is 5. The lowest BCUT2D eigenvalue weighted by Gasteiger charge is -2.32. The van der Waals surface area contributed by atoms with E-state index in [9.17, 15) is 14.7 Å². The zero-order chi connectivity index (χ0) is 20.3. The van der Waals surface area contributed by atoms with Gasteiger partial charge in [-0.25, -0.2) is 0 Å². The first-order valence-corrected chi connectivity index (χ1v) is 8.86. The molecule has 28 heavy (non-hydrogen) atoms. The van der Waals surface area contributed by atoms with Gasteiger partial charge < -0.3 is 10.4 Å². The number of aliphatic carboxylic acids is 1. The molecule has 0 aliphatic heterocycles. The van der Waals surface area contributed by atoms with E-state index in [-0.39, 0.29) is 0 Å². The summed E-state index contributed by atoms with van der Waals surface area (Å²) in [6.45, 7) is 3.18. The molecule has 0 radical (unpaired) electrons. The van der Waals surface area contributed by atoms with E-state index in [1.54, 1.807) is 38.1 Å². The molecule has 1 unspecified atom stereocenters. The fraction of sp³-hybridized carbons (Fsp3) is 0.174. The molecule has 0 bridgehead atoms. The zero-order valence-corrected chi connectivity index (χ0v) is 15.6. The lowest BCUT2D eigenvalue weighted by atomic mass is 9.79. The van der Waals surface area contributed by atoms with Gasteiger partial charge in [-0.1, -0.05) is 36.4 Å². The molecule has 140 valence electrons. The molecule has 1 atom stereocenters. The molecule has 0 heterocycles. The maximum absolute atomic E-state index is 12.8. The van der Waals surface area contributed by atoms with E-state index < -0.39 is 23.3 Å². The van der Waals surface area contributed by atoms with Crippen LogP contribution in [0.5, 0.6) is 0 Å². The van der Waals surface area contributed by atoms with Crippen LogP contribution in [0.25, 0.3) is 10.8 Å². The van der Waals surface area contributed by atoms with Gasteiger partial charge in [0.2, 0.25) is 0 Å². The first-order chi connectivity index (χ1) is 13.3. The number of amides is 1. The van der Waals surface area contributed by atoms with Crippen LogP contribution in [0.2, 0.25) is 0 Å². The van der Waals surface area contributed by atoms with Crippen molar-refractivity contribution >= 4 is 22.6 Å². The highest BCUT2D eigenvalue weighted by molar-refractivity contribution is 5.95. The second-order valence-corrected chi connectivity index (χ2v) is 7.23. The molecule has 2 N–H and O–H groups in total. The Bertz CT molecular complexity index is 1080. The van der Waals surface area contributed by atoms with Gasteiger partial charge in [-0.3, -0.25) is 9.59 Å². The number of nitriles is 1. The zero-order valence-electron chi connectivity index (χ0n) is 15.6. The minimum Gasteiger partial charge on any atom is -0.481 e. The molecular weight excluding hydrogens is 352 g/mol. The van der Waals surface area contributed by atoms with Crippen molar-refractivity contribution in [2.45, 2.75) is 19.9 Å². The van der Waals surface area contributed by atoms with Crippen molar-refractivity contribution in [1.82, 2.24) is 5.32 Å². The summed E-state index contributed by atoms with van der Waals surface area (Å²) < 4.78 is 0. The van der Waals surface area contributed by atoms with Crippen LogP contribution in [0, 0.1) is 16.7 Å². The highest BCUT2D eigenvalue weighted by Gasteiger charge is 2.39. The monoisotopic (exact) mass is 372 g/mol. The molecule has 0 aromatic heterocycles. The Morgan fingerprint density at radius 1 is 1.00 bits per heavy atom. The van der Waals surface area contributed by atoms with Gasteiger partial charge in [-0.05, 0) is 60.5 Å². The number of nitrogens with one attached hydrogen (secondary N) is 1. The number of carboxylic acids is 1. The predicted molar refractivity (Wildman–Crippen MR) is 107 cm³/mol. The largest absolute Gasteiger partial charge is 0.481 e. The van der Waals surface area contributed by atoms with Gasteiger partial charge in [-0.2, -0.15) is 5.26 Å². The van der Waals surface area contributed by atoms with Gasteiger partial charge in [0.25, 0.3) is 5.91 Å². The van der Waals surface area contributed by atoms with E-state index in [1.165, 1.54) is 0 Å². The second kappa shape index (κ2) is 7.53. The Morgan fingerprint density at radius 2 is 1.64 bits per heavy atom.